The highest BCUT2D eigenvalue weighted by atomic mass is 35.5. The summed E-state index contributed by atoms with van der Waals surface area (Å²) in [5, 5.41) is 4.14. The van der Waals surface area contributed by atoms with Crippen molar-refractivity contribution in [3.05, 3.63) is 83.2 Å². The van der Waals surface area contributed by atoms with Crippen molar-refractivity contribution in [2.24, 2.45) is 0 Å². The monoisotopic (exact) mass is 430 g/mol. The molecule has 29 heavy (non-hydrogen) atoms. The Morgan fingerprint density at radius 2 is 2.10 bits per heavy atom. The van der Waals surface area contributed by atoms with Crippen LogP contribution < -0.4 is 5.32 Å². The Hall–Kier alpha value is -2.48. The first-order chi connectivity index (χ1) is 14.1. The minimum atomic E-state index is -0.444. The second-order valence-corrected chi connectivity index (χ2v) is 7.51. The Morgan fingerprint density at radius 1 is 1.24 bits per heavy atom. The molecule has 1 fully saturated rings. The lowest BCUT2D eigenvalue weighted by Crippen LogP contribution is -2.33. The van der Waals surface area contributed by atoms with E-state index in [-0.39, 0.29) is 17.1 Å². The van der Waals surface area contributed by atoms with Gasteiger partial charge in [-0.2, -0.15) is 0 Å². The summed E-state index contributed by atoms with van der Waals surface area (Å²) in [7, 11) is 1.67. The number of nitrogens with one attached hydrogen (secondary N) is 1. The first-order valence-corrected chi connectivity index (χ1v) is 9.98. The molecule has 4 rings (SSSR count). The quantitative estimate of drug-likeness (QED) is 0.591. The van der Waals surface area contributed by atoms with Crippen molar-refractivity contribution in [1.29, 1.82) is 0 Å². The summed E-state index contributed by atoms with van der Waals surface area (Å²) in [6, 6.07) is 14.3. The molecule has 3 aromatic rings. The van der Waals surface area contributed by atoms with Crippen LogP contribution in [0, 0.1) is 5.82 Å². The molecule has 0 aliphatic carbocycles. The van der Waals surface area contributed by atoms with Crippen LogP contribution in [0.3, 0.4) is 0 Å². The maximum atomic E-state index is 13.7. The van der Waals surface area contributed by atoms with Crippen molar-refractivity contribution >= 4 is 28.9 Å². The molecule has 150 valence electrons. The Morgan fingerprint density at radius 3 is 2.83 bits per heavy atom. The molecule has 0 saturated carbocycles. The van der Waals surface area contributed by atoms with Crippen LogP contribution in [0.15, 0.2) is 60.9 Å². The summed E-state index contributed by atoms with van der Waals surface area (Å²) in [6.07, 6.45) is 3.71. The van der Waals surface area contributed by atoms with Crippen LogP contribution in [0.4, 0.5) is 4.39 Å². The molecule has 0 amide bonds. The lowest BCUT2D eigenvalue weighted by Gasteiger charge is -2.28. The zero-order chi connectivity index (χ0) is 20.4. The van der Waals surface area contributed by atoms with E-state index < -0.39 is 5.82 Å². The molecule has 0 spiro atoms. The number of rotatable bonds is 6. The minimum Gasteiger partial charge on any atom is -0.383 e. The number of halogens is 2. The summed E-state index contributed by atoms with van der Waals surface area (Å²) in [4.78, 5) is 6.64. The molecule has 1 aliphatic heterocycles. The van der Waals surface area contributed by atoms with E-state index in [1.54, 1.807) is 25.4 Å². The fraction of sp³-hybridized carbons (Fsp3) is 0.238. The van der Waals surface area contributed by atoms with Gasteiger partial charge in [0.2, 0.25) is 0 Å². The van der Waals surface area contributed by atoms with E-state index in [2.05, 4.69) is 15.2 Å². The minimum absolute atomic E-state index is 0.0831. The van der Waals surface area contributed by atoms with Gasteiger partial charge in [0.05, 0.1) is 29.4 Å². The zero-order valence-corrected chi connectivity index (χ0v) is 17.3. The maximum Gasteiger partial charge on any atom is 0.170 e. The second kappa shape index (κ2) is 8.49. The standard InChI is InChI=1S/C21H20ClFN4OS/c1-28-12-11-27-20(19(25-21(27)29)17-5-2-3-9-24-17)18-6-4-10-26(18)14-7-8-16(23)15(22)13-14/h2-10,13,19-20H,11-12H2,1H3,(H,25,29)/t19-,20-/m0/s1. The Kier molecular flexibility index (Phi) is 5.80. The molecular formula is C21H20ClFN4OS. The number of benzene rings is 1. The maximum absolute atomic E-state index is 13.7. The van der Waals surface area contributed by atoms with Crippen LogP contribution in [0.1, 0.15) is 23.5 Å². The topological polar surface area (TPSA) is 42.3 Å². The molecule has 0 radical (unpaired) electrons. The summed E-state index contributed by atoms with van der Waals surface area (Å²) in [5.41, 5.74) is 2.66. The number of thiocarbonyl (C=S) groups is 1. The normalized spacial score (nSPS) is 18.9. The number of pyridine rings is 1. The number of nitrogens with zero attached hydrogens (tertiary/aromatic N) is 3. The lowest BCUT2D eigenvalue weighted by molar-refractivity contribution is 0.163. The van der Waals surface area contributed by atoms with Gasteiger partial charge in [0, 0.05) is 37.4 Å². The molecule has 8 heteroatoms. The van der Waals surface area contributed by atoms with Crippen LogP contribution in [-0.2, 0) is 4.74 Å². The van der Waals surface area contributed by atoms with Gasteiger partial charge >= 0.3 is 0 Å². The van der Waals surface area contributed by atoms with Crippen LogP contribution in [0.2, 0.25) is 5.02 Å². The molecular weight excluding hydrogens is 411 g/mol. The van der Waals surface area contributed by atoms with Crippen molar-refractivity contribution in [1.82, 2.24) is 19.8 Å². The van der Waals surface area contributed by atoms with Gasteiger partial charge in [0.25, 0.3) is 0 Å². The fourth-order valence-corrected chi connectivity index (χ4v) is 4.17. The van der Waals surface area contributed by atoms with Crippen molar-refractivity contribution < 1.29 is 9.13 Å². The SMILES string of the molecule is COCCN1C(=S)N[C@@H](c2ccccn2)[C@@H]1c1cccn1-c1ccc(F)c(Cl)c1. The number of hydrogen-bond acceptors (Lipinski definition) is 3. The van der Waals surface area contributed by atoms with E-state index in [4.69, 9.17) is 28.6 Å². The third kappa shape index (κ3) is 3.85. The summed E-state index contributed by atoms with van der Waals surface area (Å²) < 4.78 is 21.0. The van der Waals surface area contributed by atoms with E-state index in [1.807, 2.05) is 41.1 Å². The van der Waals surface area contributed by atoms with Crippen molar-refractivity contribution in [2.75, 3.05) is 20.3 Å². The average molecular weight is 431 g/mol. The molecule has 5 nitrogen and oxygen atoms in total. The number of methoxy groups -OCH3 is 1. The molecule has 1 N–H and O–H groups in total. The number of hydrogen-bond donors (Lipinski definition) is 1. The summed E-state index contributed by atoms with van der Waals surface area (Å²) in [5.74, 6) is -0.444. The van der Waals surface area contributed by atoms with Crippen LogP contribution in [0.25, 0.3) is 5.69 Å². The van der Waals surface area contributed by atoms with E-state index in [0.717, 1.165) is 17.1 Å². The van der Waals surface area contributed by atoms with Gasteiger partial charge in [0.15, 0.2) is 5.11 Å². The molecule has 1 aliphatic rings. The third-order valence-corrected chi connectivity index (χ3v) is 5.64. The van der Waals surface area contributed by atoms with Crippen molar-refractivity contribution in [2.45, 2.75) is 12.1 Å². The van der Waals surface area contributed by atoms with Gasteiger partial charge in [-0.25, -0.2) is 4.39 Å². The van der Waals surface area contributed by atoms with Crippen LogP contribution >= 0.6 is 23.8 Å². The number of ether oxygens (including phenoxy) is 1. The van der Waals surface area contributed by atoms with Crippen LogP contribution in [0.5, 0.6) is 0 Å². The molecule has 0 unspecified atom stereocenters. The summed E-state index contributed by atoms with van der Waals surface area (Å²) >= 11 is 11.7. The number of aromatic nitrogens is 2. The van der Waals surface area contributed by atoms with Gasteiger partial charge in [-0.05, 0) is 54.7 Å². The highest BCUT2D eigenvalue weighted by Crippen LogP contribution is 2.39. The molecule has 2 aromatic heterocycles. The molecule has 0 bridgehead atoms. The Bertz CT molecular complexity index is 1010. The van der Waals surface area contributed by atoms with Gasteiger partial charge in [-0.3, -0.25) is 4.98 Å². The van der Waals surface area contributed by atoms with Gasteiger partial charge in [0.1, 0.15) is 5.82 Å². The van der Waals surface area contributed by atoms with Crippen LogP contribution in [-0.4, -0.2) is 39.8 Å². The molecule has 1 aromatic carbocycles. The predicted molar refractivity (Wildman–Crippen MR) is 115 cm³/mol. The second-order valence-electron chi connectivity index (χ2n) is 6.71. The first kappa shape index (κ1) is 19.8. The lowest BCUT2D eigenvalue weighted by atomic mass is 10.0. The smallest absolute Gasteiger partial charge is 0.170 e. The molecule has 1 saturated heterocycles. The van der Waals surface area contributed by atoms with E-state index in [9.17, 15) is 4.39 Å². The fourth-order valence-electron chi connectivity index (χ4n) is 3.66. The van der Waals surface area contributed by atoms with Gasteiger partial charge in [-0.1, -0.05) is 17.7 Å². The Labute approximate surface area is 179 Å². The van der Waals surface area contributed by atoms with Crippen molar-refractivity contribution in [3.63, 3.8) is 0 Å². The Balaban J connectivity index is 1.79. The highest BCUT2D eigenvalue weighted by Gasteiger charge is 2.41. The van der Waals surface area contributed by atoms with E-state index in [1.165, 1.54) is 6.07 Å². The van der Waals surface area contributed by atoms with E-state index in [0.29, 0.717) is 18.3 Å². The van der Waals surface area contributed by atoms with E-state index >= 15 is 0 Å². The predicted octanol–water partition coefficient (Wildman–Crippen LogP) is 4.28. The molecule has 3 heterocycles. The molecule has 2 atom stereocenters. The first-order valence-electron chi connectivity index (χ1n) is 9.20. The highest BCUT2D eigenvalue weighted by molar-refractivity contribution is 7.80. The largest absolute Gasteiger partial charge is 0.383 e. The summed E-state index contributed by atoms with van der Waals surface area (Å²) in [6.45, 7) is 1.17. The van der Waals surface area contributed by atoms with Crippen molar-refractivity contribution in [3.8, 4) is 5.69 Å². The van der Waals surface area contributed by atoms with Gasteiger partial charge in [-0.15, -0.1) is 0 Å². The van der Waals surface area contributed by atoms with Gasteiger partial charge < -0.3 is 19.5 Å². The average Bonchev–Trinajstić information content (AvgIpc) is 3.33. The third-order valence-electron chi connectivity index (χ3n) is 5.00. The zero-order valence-electron chi connectivity index (χ0n) is 15.8.